The first kappa shape index (κ1) is 13.2. The summed E-state index contributed by atoms with van der Waals surface area (Å²) in [5.74, 6) is -0.575. The molecule has 4 heteroatoms. The third-order valence-corrected chi connectivity index (χ3v) is 2.94. The Morgan fingerprint density at radius 3 is 2.63 bits per heavy atom. The molecule has 0 aromatic heterocycles. The number of nitrogens with two attached hydrogens (primary N) is 1. The normalized spacial score (nSPS) is 19.5. The second-order valence-corrected chi connectivity index (χ2v) is 4.27. The number of aryl methyl sites for hydroxylation is 1. The molecule has 0 spiro atoms. The Balaban J connectivity index is 0.000000637. The summed E-state index contributed by atoms with van der Waals surface area (Å²) in [6, 6.07) is 6.11. The number of fused-ring (bicyclic) bond motifs is 2. The number of hydrogen-bond donors (Lipinski definition) is 1. The number of benzene rings is 1. The van der Waals surface area contributed by atoms with Crippen LogP contribution in [0.25, 0.3) is 12.2 Å². The maximum Gasteiger partial charge on any atom is 0.261 e. The zero-order valence-corrected chi connectivity index (χ0v) is 11.3. The first-order chi connectivity index (χ1) is 9.13. The first-order valence-electron chi connectivity index (χ1n) is 6.40. The molecule has 1 aliphatic carbocycles. The van der Waals surface area contributed by atoms with Crippen LogP contribution in [0.1, 0.15) is 19.4 Å². The highest BCUT2D eigenvalue weighted by Gasteiger charge is 2.26. The Bertz CT molecular complexity index is 699. The molecule has 1 aliphatic heterocycles. The molecular formula is C15H17N3O. The van der Waals surface area contributed by atoms with Gasteiger partial charge in [0.25, 0.3) is 5.91 Å². The van der Waals surface area contributed by atoms with Gasteiger partial charge in [-0.25, -0.2) is 4.99 Å². The fraction of sp³-hybridized carbons (Fsp3) is 0.267. The van der Waals surface area contributed by atoms with Crippen molar-refractivity contribution in [3.63, 3.8) is 0 Å². The highest BCUT2D eigenvalue weighted by Crippen LogP contribution is 2.13. The van der Waals surface area contributed by atoms with Gasteiger partial charge in [0.05, 0.1) is 5.71 Å². The Labute approximate surface area is 112 Å². The molecule has 98 valence electrons. The van der Waals surface area contributed by atoms with E-state index in [0.29, 0.717) is 5.71 Å². The summed E-state index contributed by atoms with van der Waals surface area (Å²) in [4.78, 5) is 19.5. The fourth-order valence-corrected chi connectivity index (χ4v) is 2.12. The maximum absolute atomic E-state index is 11.7. The number of guanidine groups is 1. The van der Waals surface area contributed by atoms with E-state index >= 15 is 0 Å². The summed E-state index contributed by atoms with van der Waals surface area (Å²) in [6.07, 6.45) is 3.80. The Hall–Kier alpha value is -2.23. The fourth-order valence-electron chi connectivity index (χ4n) is 2.12. The number of rotatable bonds is 0. The highest BCUT2D eigenvalue weighted by molar-refractivity contribution is 6.29. The van der Waals surface area contributed by atoms with Gasteiger partial charge in [-0.05, 0) is 23.4 Å². The number of nitrogens with zero attached hydrogens (tertiary/aromatic N) is 2. The zero-order chi connectivity index (χ0) is 14.0. The quantitative estimate of drug-likeness (QED) is 0.734. The van der Waals surface area contributed by atoms with E-state index in [-0.39, 0.29) is 17.8 Å². The van der Waals surface area contributed by atoms with Gasteiger partial charge in [-0.2, -0.15) is 4.99 Å². The van der Waals surface area contributed by atoms with Gasteiger partial charge in [0, 0.05) is 0 Å². The van der Waals surface area contributed by atoms with Crippen molar-refractivity contribution in [1.29, 1.82) is 0 Å². The standard InChI is InChI=1S/C13H11N3O.C2H6/c1-7-2-3-8-6-11-10(5-9(8)4-7)12(17)16-13(14)15-11;1-2/h2-6,10H,1H3,(H2,14,16,17);1-2H3. The molecule has 3 rings (SSSR count). The number of hydrogen-bond acceptors (Lipinski definition) is 3. The number of carbonyl (C=O) groups excluding carboxylic acids is 1. The SMILES string of the molecule is CC.Cc1ccc2c(c1)=CC1C(=O)N=C(N)N=C1C=2. The van der Waals surface area contributed by atoms with Gasteiger partial charge in [-0.15, -0.1) is 0 Å². The Kier molecular flexibility index (Phi) is 3.60. The molecule has 0 bridgehead atoms. The third-order valence-electron chi connectivity index (χ3n) is 2.94. The van der Waals surface area contributed by atoms with Gasteiger partial charge in [-0.3, -0.25) is 4.79 Å². The van der Waals surface area contributed by atoms with Crippen LogP contribution in [0.5, 0.6) is 0 Å². The van der Waals surface area contributed by atoms with Gasteiger partial charge in [-0.1, -0.05) is 43.7 Å². The largest absolute Gasteiger partial charge is 0.368 e. The van der Waals surface area contributed by atoms with Gasteiger partial charge >= 0.3 is 0 Å². The minimum absolute atomic E-state index is 0.0430. The van der Waals surface area contributed by atoms with E-state index in [1.54, 1.807) is 0 Å². The monoisotopic (exact) mass is 255 g/mol. The van der Waals surface area contributed by atoms with E-state index in [1.165, 1.54) is 5.56 Å². The smallest absolute Gasteiger partial charge is 0.261 e. The summed E-state index contributed by atoms with van der Waals surface area (Å²) >= 11 is 0. The van der Waals surface area contributed by atoms with Crippen LogP contribution in [0.2, 0.25) is 0 Å². The van der Waals surface area contributed by atoms with E-state index in [1.807, 2.05) is 45.1 Å². The molecular weight excluding hydrogens is 238 g/mol. The molecule has 1 aromatic rings. The molecule has 1 aromatic carbocycles. The molecule has 1 unspecified atom stereocenters. The van der Waals surface area contributed by atoms with Crippen LogP contribution in [-0.2, 0) is 4.79 Å². The predicted octanol–water partition coefficient (Wildman–Crippen LogP) is 0.508. The third kappa shape index (κ3) is 2.47. The van der Waals surface area contributed by atoms with Crippen LogP contribution >= 0.6 is 0 Å². The van der Waals surface area contributed by atoms with E-state index in [0.717, 1.165) is 10.4 Å². The van der Waals surface area contributed by atoms with Gasteiger partial charge < -0.3 is 5.73 Å². The van der Waals surface area contributed by atoms with Crippen molar-refractivity contribution in [2.45, 2.75) is 20.8 Å². The van der Waals surface area contributed by atoms with E-state index in [2.05, 4.69) is 16.1 Å². The van der Waals surface area contributed by atoms with Crippen molar-refractivity contribution in [2.75, 3.05) is 0 Å². The number of amides is 1. The van der Waals surface area contributed by atoms with Gasteiger partial charge in [0.2, 0.25) is 5.96 Å². The molecule has 2 aliphatic rings. The molecule has 4 nitrogen and oxygen atoms in total. The molecule has 1 heterocycles. The molecule has 0 fully saturated rings. The summed E-state index contributed by atoms with van der Waals surface area (Å²) in [6.45, 7) is 6.02. The number of carbonyl (C=O) groups is 1. The molecule has 2 N–H and O–H groups in total. The van der Waals surface area contributed by atoms with Gasteiger partial charge in [0.1, 0.15) is 5.92 Å². The molecule has 19 heavy (non-hydrogen) atoms. The first-order valence-corrected chi connectivity index (χ1v) is 6.40. The van der Waals surface area contributed by atoms with Crippen LogP contribution in [-0.4, -0.2) is 17.6 Å². The lowest BCUT2D eigenvalue weighted by molar-refractivity contribution is -0.118. The minimum Gasteiger partial charge on any atom is -0.368 e. The second-order valence-electron chi connectivity index (χ2n) is 4.27. The topological polar surface area (TPSA) is 67.8 Å². The highest BCUT2D eigenvalue weighted by atomic mass is 16.1. The van der Waals surface area contributed by atoms with Gasteiger partial charge in [0.15, 0.2) is 0 Å². The lowest BCUT2D eigenvalue weighted by atomic mass is 9.93. The average molecular weight is 255 g/mol. The molecule has 0 radical (unpaired) electrons. The van der Waals surface area contributed by atoms with Crippen molar-refractivity contribution >= 4 is 29.7 Å². The lowest BCUT2D eigenvalue weighted by Gasteiger charge is -2.16. The Morgan fingerprint density at radius 2 is 1.89 bits per heavy atom. The summed E-state index contributed by atoms with van der Waals surface area (Å²) in [5, 5.41) is 2.12. The molecule has 0 saturated carbocycles. The van der Waals surface area contributed by atoms with Crippen LogP contribution < -0.4 is 16.2 Å². The lowest BCUT2D eigenvalue weighted by Crippen LogP contribution is -2.38. The number of aliphatic imine (C=N–C) groups is 2. The predicted molar refractivity (Wildman–Crippen MR) is 78.3 cm³/mol. The summed E-state index contributed by atoms with van der Waals surface area (Å²) in [5.41, 5.74) is 7.33. The second kappa shape index (κ2) is 5.18. The van der Waals surface area contributed by atoms with E-state index in [9.17, 15) is 4.79 Å². The summed E-state index contributed by atoms with van der Waals surface area (Å²) in [7, 11) is 0. The average Bonchev–Trinajstić information content (AvgIpc) is 2.39. The van der Waals surface area contributed by atoms with E-state index in [4.69, 9.17) is 5.73 Å². The van der Waals surface area contributed by atoms with Crippen LogP contribution in [0, 0.1) is 12.8 Å². The van der Waals surface area contributed by atoms with Crippen molar-refractivity contribution in [3.05, 3.63) is 34.2 Å². The van der Waals surface area contributed by atoms with Crippen molar-refractivity contribution in [1.82, 2.24) is 0 Å². The minimum atomic E-state index is -0.378. The Morgan fingerprint density at radius 1 is 1.16 bits per heavy atom. The van der Waals surface area contributed by atoms with E-state index < -0.39 is 0 Å². The van der Waals surface area contributed by atoms with Crippen molar-refractivity contribution in [3.8, 4) is 0 Å². The summed E-state index contributed by atoms with van der Waals surface area (Å²) < 4.78 is 0. The molecule has 0 saturated heterocycles. The molecule has 1 amide bonds. The zero-order valence-electron chi connectivity index (χ0n) is 11.3. The maximum atomic E-state index is 11.7. The molecule has 1 atom stereocenters. The van der Waals surface area contributed by atoms with Crippen LogP contribution in [0.4, 0.5) is 0 Å². The van der Waals surface area contributed by atoms with Crippen LogP contribution in [0.15, 0.2) is 28.2 Å². The van der Waals surface area contributed by atoms with Crippen LogP contribution in [0.3, 0.4) is 0 Å². The van der Waals surface area contributed by atoms with Crippen molar-refractivity contribution in [2.24, 2.45) is 21.6 Å². The van der Waals surface area contributed by atoms with Crippen molar-refractivity contribution < 1.29 is 4.79 Å².